The number of nitrogens with zero attached hydrogens (tertiary/aromatic N) is 3. The number of methoxy groups -OCH3 is 1. The number of aromatic nitrogens is 2. The first-order chi connectivity index (χ1) is 11.2. The molecule has 124 valence electrons. The molecule has 0 radical (unpaired) electrons. The fraction of sp³-hybridized carbons (Fsp3) is 0.526. The van der Waals surface area contributed by atoms with Crippen molar-refractivity contribution in [1.82, 2.24) is 14.7 Å². The molecular formula is C19H27N3O. The minimum absolute atomic E-state index is 0.307. The molecule has 1 fully saturated rings. The standard InChI is InChI=1S/C19H27N3O/c1-15-6-8-16(9-7-15)11-18-19(23-3)5-4-10-22(18)14-17-12-20-21(2)13-17/h6-9,12-13,18-19H,4-5,10-11,14H2,1-3H3/t18-,19-/m0/s1. The summed E-state index contributed by atoms with van der Waals surface area (Å²) in [4.78, 5) is 2.56. The molecule has 0 bridgehead atoms. The van der Waals surface area contributed by atoms with Crippen molar-refractivity contribution in [2.75, 3.05) is 13.7 Å². The van der Waals surface area contributed by atoms with Gasteiger partial charge in [0.15, 0.2) is 0 Å². The zero-order valence-corrected chi connectivity index (χ0v) is 14.4. The minimum atomic E-state index is 0.307. The van der Waals surface area contributed by atoms with E-state index < -0.39 is 0 Å². The van der Waals surface area contributed by atoms with Crippen LogP contribution in [-0.2, 0) is 24.8 Å². The first-order valence-electron chi connectivity index (χ1n) is 8.45. The minimum Gasteiger partial charge on any atom is -0.380 e. The predicted octanol–water partition coefficient (Wildman–Crippen LogP) is 2.95. The number of likely N-dealkylation sites (tertiary alicyclic amines) is 1. The number of aryl methyl sites for hydroxylation is 2. The molecule has 3 rings (SSSR count). The summed E-state index contributed by atoms with van der Waals surface area (Å²) in [5.74, 6) is 0. The smallest absolute Gasteiger partial charge is 0.0730 e. The van der Waals surface area contributed by atoms with Crippen LogP contribution in [0.3, 0.4) is 0 Å². The van der Waals surface area contributed by atoms with Gasteiger partial charge < -0.3 is 4.74 Å². The van der Waals surface area contributed by atoms with Crippen molar-refractivity contribution in [2.24, 2.45) is 7.05 Å². The molecule has 4 heteroatoms. The molecule has 23 heavy (non-hydrogen) atoms. The van der Waals surface area contributed by atoms with E-state index in [0.717, 1.165) is 25.9 Å². The van der Waals surface area contributed by atoms with E-state index in [9.17, 15) is 0 Å². The second-order valence-electron chi connectivity index (χ2n) is 6.67. The zero-order valence-electron chi connectivity index (χ0n) is 14.4. The average molecular weight is 313 g/mol. The lowest BCUT2D eigenvalue weighted by Gasteiger charge is -2.40. The predicted molar refractivity (Wildman–Crippen MR) is 92.3 cm³/mol. The number of ether oxygens (including phenoxy) is 1. The molecule has 1 aliphatic rings. The molecule has 0 saturated carbocycles. The molecule has 1 aromatic heterocycles. The van der Waals surface area contributed by atoms with Crippen LogP contribution in [0, 0.1) is 6.92 Å². The highest BCUT2D eigenvalue weighted by atomic mass is 16.5. The normalized spacial score (nSPS) is 22.4. The molecule has 2 atom stereocenters. The summed E-state index contributed by atoms with van der Waals surface area (Å²) >= 11 is 0. The van der Waals surface area contributed by atoms with Crippen LogP contribution in [0.25, 0.3) is 0 Å². The van der Waals surface area contributed by atoms with Crippen molar-refractivity contribution in [3.05, 3.63) is 53.3 Å². The lowest BCUT2D eigenvalue weighted by atomic mass is 9.92. The first kappa shape index (κ1) is 16.2. The van der Waals surface area contributed by atoms with Crippen LogP contribution in [0.2, 0.25) is 0 Å². The Hall–Kier alpha value is -1.65. The van der Waals surface area contributed by atoms with E-state index in [1.165, 1.54) is 23.1 Å². The fourth-order valence-corrected chi connectivity index (χ4v) is 3.57. The molecule has 1 saturated heterocycles. The van der Waals surface area contributed by atoms with Crippen LogP contribution in [0.4, 0.5) is 0 Å². The quantitative estimate of drug-likeness (QED) is 0.850. The van der Waals surface area contributed by atoms with Crippen molar-refractivity contribution in [3.63, 3.8) is 0 Å². The van der Waals surface area contributed by atoms with Crippen molar-refractivity contribution in [3.8, 4) is 0 Å². The summed E-state index contributed by atoms with van der Waals surface area (Å²) in [6, 6.07) is 9.32. The van der Waals surface area contributed by atoms with Gasteiger partial charge in [0.1, 0.15) is 0 Å². The Morgan fingerprint density at radius 3 is 2.65 bits per heavy atom. The molecular weight excluding hydrogens is 286 g/mol. The summed E-state index contributed by atoms with van der Waals surface area (Å²) in [7, 11) is 3.82. The second kappa shape index (κ2) is 7.28. The Balaban J connectivity index is 1.76. The highest BCUT2D eigenvalue weighted by Gasteiger charge is 2.31. The van der Waals surface area contributed by atoms with Gasteiger partial charge in [-0.15, -0.1) is 0 Å². The van der Waals surface area contributed by atoms with Gasteiger partial charge >= 0.3 is 0 Å². The molecule has 0 spiro atoms. The zero-order chi connectivity index (χ0) is 16.2. The molecule has 1 aromatic carbocycles. The summed E-state index contributed by atoms with van der Waals surface area (Å²) < 4.78 is 7.69. The van der Waals surface area contributed by atoms with Crippen LogP contribution in [0.1, 0.15) is 29.5 Å². The van der Waals surface area contributed by atoms with Gasteiger partial charge in [0.25, 0.3) is 0 Å². The number of hydrogen-bond acceptors (Lipinski definition) is 3. The van der Waals surface area contributed by atoms with E-state index >= 15 is 0 Å². The first-order valence-corrected chi connectivity index (χ1v) is 8.45. The summed E-state index contributed by atoms with van der Waals surface area (Å²) in [6.45, 7) is 4.21. The van der Waals surface area contributed by atoms with Gasteiger partial charge in [-0.05, 0) is 38.3 Å². The Labute approximate surface area is 139 Å². The summed E-state index contributed by atoms with van der Waals surface area (Å²) in [5.41, 5.74) is 3.98. The lowest BCUT2D eigenvalue weighted by molar-refractivity contribution is -0.0218. The van der Waals surface area contributed by atoms with Crippen LogP contribution >= 0.6 is 0 Å². The molecule has 0 aliphatic carbocycles. The van der Waals surface area contributed by atoms with Gasteiger partial charge in [-0.25, -0.2) is 0 Å². The molecule has 0 unspecified atom stereocenters. The largest absolute Gasteiger partial charge is 0.380 e. The highest BCUT2D eigenvalue weighted by Crippen LogP contribution is 2.25. The van der Waals surface area contributed by atoms with E-state index in [1.54, 1.807) is 0 Å². The molecule has 0 amide bonds. The van der Waals surface area contributed by atoms with Crippen LogP contribution in [-0.4, -0.2) is 40.5 Å². The van der Waals surface area contributed by atoms with Crippen LogP contribution in [0.15, 0.2) is 36.7 Å². The van der Waals surface area contributed by atoms with Crippen molar-refractivity contribution >= 4 is 0 Å². The average Bonchev–Trinajstić information content (AvgIpc) is 2.96. The van der Waals surface area contributed by atoms with Gasteiger partial charge in [-0.2, -0.15) is 5.10 Å². The molecule has 1 aliphatic heterocycles. The molecule has 0 N–H and O–H groups in total. The van der Waals surface area contributed by atoms with E-state index in [4.69, 9.17) is 4.74 Å². The Bertz CT molecular complexity index is 620. The third-order valence-electron chi connectivity index (χ3n) is 4.84. The van der Waals surface area contributed by atoms with Crippen molar-refractivity contribution in [1.29, 1.82) is 0 Å². The summed E-state index contributed by atoms with van der Waals surface area (Å²) in [5, 5.41) is 4.30. The maximum Gasteiger partial charge on any atom is 0.0730 e. The van der Waals surface area contributed by atoms with Crippen molar-refractivity contribution in [2.45, 2.75) is 44.9 Å². The topological polar surface area (TPSA) is 30.3 Å². The monoisotopic (exact) mass is 313 g/mol. The van der Waals surface area contributed by atoms with Gasteiger partial charge in [-0.1, -0.05) is 29.8 Å². The Morgan fingerprint density at radius 1 is 1.22 bits per heavy atom. The molecule has 2 heterocycles. The van der Waals surface area contributed by atoms with Gasteiger partial charge in [0, 0.05) is 38.5 Å². The van der Waals surface area contributed by atoms with Crippen LogP contribution in [0.5, 0.6) is 0 Å². The number of hydrogen-bond donors (Lipinski definition) is 0. The van der Waals surface area contributed by atoms with E-state index in [2.05, 4.69) is 47.4 Å². The highest BCUT2D eigenvalue weighted by molar-refractivity contribution is 5.22. The fourth-order valence-electron chi connectivity index (χ4n) is 3.57. The maximum absolute atomic E-state index is 5.81. The van der Waals surface area contributed by atoms with Gasteiger partial charge in [0.2, 0.25) is 0 Å². The third-order valence-corrected chi connectivity index (χ3v) is 4.84. The second-order valence-corrected chi connectivity index (χ2v) is 6.67. The Morgan fingerprint density at radius 2 is 2.00 bits per heavy atom. The van der Waals surface area contributed by atoms with Gasteiger partial charge in [-0.3, -0.25) is 9.58 Å². The number of benzene rings is 1. The van der Waals surface area contributed by atoms with E-state index in [0.29, 0.717) is 12.1 Å². The van der Waals surface area contributed by atoms with Crippen LogP contribution < -0.4 is 0 Å². The maximum atomic E-state index is 5.81. The lowest BCUT2D eigenvalue weighted by Crippen LogP contribution is -2.49. The molecule has 4 nitrogen and oxygen atoms in total. The summed E-state index contributed by atoms with van der Waals surface area (Å²) in [6.07, 6.45) is 7.78. The van der Waals surface area contributed by atoms with E-state index in [-0.39, 0.29) is 0 Å². The van der Waals surface area contributed by atoms with Crippen molar-refractivity contribution < 1.29 is 4.74 Å². The SMILES string of the molecule is CO[C@H]1CCCN(Cc2cnn(C)c2)[C@H]1Cc1ccc(C)cc1. The van der Waals surface area contributed by atoms with Gasteiger partial charge in [0.05, 0.1) is 12.3 Å². The number of piperidine rings is 1. The number of rotatable bonds is 5. The third kappa shape index (κ3) is 4.01. The Kier molecular flexibility index (Phi) is 5.13. The van der Waals surface area contributed by atoms with E-state index in [1.807, 2.05) is 25.0 Å². The molecule has 2 aromatic rings.